The number of hydrogen-bond donors (Lipinski definition) is 2. The molecular formula is C18H28N2O4. The molecule has 24 heavy (non-hydrogen) atoms. The first-order valence-electron chi connectivity index (χ1n) is 8.51. The summed E-state index contributed by atoms with van der Waals surface area (Å²) < 4.78 is 16.1. The predicted molar refractivity (Wildman–Crippen MR) is 93.2 cm³/mol. The summed E-state index contributed by atoms with van der Waals surface area (Å²) in [6, 6.07) is 3.90. The molecule has 0 spiro atoms. The van der Waals surface area contributed by atoms with E-state index >= 15 is 0 Å². The van der Waals surface area contributed by atoms with Crippen molar-refractivity contribution in [2.45, 2.75) is 44.6 Å². The van der Waals surface area contributed by atoms with Gasteiger partial charge < -0.3 is 24.8 Å². The lowest BCUT2D eigenvalue weighted by atomic mass is 9.96. The van der Waals surface area contributed by atoms with Crippen molar-refractivity contribution in [3.8, 4) is 17.2 Å². The number of benzene rings is 1. The molecule has 134 valence electrons. The van der Waals surface area contributed by atoms with Crippen molar-refractivity contribution in [2.24, 2.45) is 0 Å². The average Bonchev–Trinajstić information content (AvgIpc) is 2.61. The van der Waals surface area contributed by atoms with Gasteiger partial charge in [-0.3, -0.25) is 0 Å². The zero-order valence-electron chi connectivity index (χ0n) is 14.8. The van der Waals surface area contributed by atoms with E-state index in [1.165, 1.54) is 19.3 Å². The summed E-state index contributed by atoms with van der Waals surface area (Å²) in [4.78, 5) is 12.0. The SMILES string of the molecule is COc1cc(CCNC(=O)NC2CCCCC2)c(OC)c(OC)c1. The van der Waals surface area contributed by atoms with Gasteiger partial charge in [0, 0.05) is 24.2 Å². The van der Waals surface area contributed by atoms with Gasteiger partial charge in [-0.2, -0.15) is 0 Å². The van der Waals surface area contributed by atoms with E-state index in [1.807, 2.05) is 6.07 Å². The quantitative estimate of drug-likeness (QED) is 0.803. The standard InChI is InChI=1S/C18H28N2O4/c1-22-15-11-13(17(24-3)16(12-15)23-2)9-10-19-18(21)20-14-7-5-4-6-8-14/h11-12,14H,4-10H2,1-3H3,(H2,19,20,21). The Morgan fingerprint density at radius 2 is 1.83 bits per heavy atom. The van der Waals surface area contributed by atoms with E-state index < -0.39 is 0 Å². The maximum absolute atomic E-state index is 12.0. The molecule has 2 amide bonds. The summed E-state index contributed by atoms with van der Waals surface area (Å²) >= 11 is 0. The molecule has 1 aliphatic carbocycles. The first-order valence-corrected chi connectivity index (χ1v) is 8.51. The molecule has 0 heterocycles. The molecule has 1 aromatic carbocycles. The minimum Gasteiger partial charge on any atom is -0.497 e. The fourth-order valence-corrected chi connectivity index (χ4v) is 3.11. The number of carbonyl (C=O) groups is 1. The van der Waals surface area contributed by atoms with Crippen LogP contribution in [0.25, 0.3) is 0 Å². The van der Waals surface area contributed by atoms with Gasteiger partial charge in [-0.1, -0.05) is 19.3 Å². The maximum Gasteiger partial charge on any atom is 0.315 e. The summed E-state index contributed by atoms with van der Waals surface area (Å²) in [6.07, 6.45) is 6.46. The minimum absolute atomic E-state index is 0.101. The fraction of sp³-hybridized carbons (Fsp3) is 0.611. The largest absolute Gasteiger partial charge is 0.497 e. The number of amides is 2. The highest BCUT2D eigenvalue weighted by atomic mass is 16.5. The molecule has 6 heteroatoms. The van der Waals surface area contributed by atoms with Crippen LogP contribution in [0.4, 0.5) is 4.79 Å². The highest BCUT2D eigenvalue weighted by Gasteiger charge is 2.16. The van der Waals surface area contributed by atoms with E-state index in [9.17, 15) is 4.79 Å². The van der Waals surface area contributed by atoms with E-state index in [0.29, 0.717) is 36.3 Å². The van der Waals surface area contributed by atoms with Gasteiger partial charge in [-0.15, -0.1) is 0 Å². The van der Waals surface area contributed by atoms with Gasteiger partial charge in [0.15, 0.2) is 11.5 Å². The monoisotopic (exact) mass is 336 g/mol. The molecule has 0 saturated heterocycles. The molecule has 0 atom stereocenters. The lowest BCUT2D eigenvalue weighted by Crippen LogP contribution is -2.43. The third-order valence-corrected chi connectivity index (χ3v) is 4.39. The van der Waals surface area contributed by atoms with E-state index in [2.05, 4.69) is 10.6 Å². The fourth-order valence-electron chi connectivity index (χ4n) is 3.11. The second-order valence-electron chi connectivity index (χ2n) is 6.01. The highest BCUT2D eigenvalue weighted by Crippen LogP contribution is 2.35. The smallest absolute Gasteiger partial charge is 0.315 e. The van der Waals surface area contributed by atoms with Crippen LogP contribution in [0.15, 0.2) is 12.1 Å². The summed E-state index contributed by atoms with van der Waals surface area (Å²) in [5.41, 5.74) is 0.937. The third-order valence-electron chi connectivity index (χ3n) is 4.39. The topological polar surface area (TPSA) is 68.8 Å². The number of hydrogen-bond acceptors (Lipinski definition) is 4. The van der Waals surface area contributed by atoms with Crippen LogP contribution < -0.4 is 24.8 Å². The van der Waals surface area contributed by atoms with Crippen molar-refractivity contribution in [1.29, 1.82) is 0 Å². The van der Waals surface area contributed by atoms with Gasteiger partial charge >= 0.3 is 6.03 Å². The zero-order chi connectivity index (χ0) is 17.4. The molecule has 2 rings (SSSR count). The summed E-state index contributed by atoms with van der Waals surface area (Å²) in [7, 11) is 4.81. The number of carbonyl (C=O) groups excluding carboxylic acids is 1. The average molecular weight is 336 g/mol. The van der Waals surface area contributed by atoms with Crippen molar-refractivity contribution in [2.75, 3.05) is 27.9 Å². The lowest BCUT2D eigenvalue weighted by molar-refractivity contribution is 0.232. The molecular weight excluding hydrogens is 308 g/mol. The van der Waals surface area contributed by atoms with Gasteiger partial charge in [0.1, 0.15) is 5.75 Å². The molecule has 1 saturated carbocycles. The van der Waals surface area contributed by atoms with Gasteiger partial charge in [0.05, 0.1) is 21.3 Å². The van der Waals surface area contributed by atoms with E-state index in [0.717, 1.165) is 18.4 Å². The molecule has 6 nitrogen and oxygen atoms in total. The normalized spacial score (nSPS) is 14.8. The first kappa shape index (κ1) is 18.2. The Labute approximate surface area is 143 Å². The first-order chi connectivity index (χ1) is 11.7. The van der Waals surface area contributed by atoms with E-state index in [-0.39, 0.29) is 6.03 Å². The lowest BCUT2D eigenvalue weighted by Gasteiger charge is -2.23. The minimum atomic E-state index is -0.101. The Balaban J connectivity index is 1.89. The molecule has 2 N–H and O–H groups in total. The van der Waals surface area contributed by atoms with Crippen molar-refractivity contribution in [1.82, 2.24) is 10.6 Å². The van der Waals surface area contributed by atoms with Gasteiger partial charge in [-0.25, -0.2) is 4.79 Å². The van der Waals surface area contributed by atoms with Crippen LogP contribution in [0.2, 0.25) is 0 Å². The maximum atomic E-state index is 12.0. The van der Waals surface area contributed by atoms with Gasteiger partial charge in [0.2, 0.25) is 0 Å². The highest BCUT2D eigenvalue weighted by molar-refractivity contribution is 5.74. The second-order valence-corrected chi connectivity index (χ2v) is 6.01. The second kappa shape index (κ2) is 9.25. The molecule has 0 aliphatic heterocycles. The predicted octanol–water partition coefficient (Wildman–Crippen LogP) is 2.89. The molecule has 1 fully saturated rings. The van der Waals surface area contributed by atoms with E-state index in [4.69, 9.17) is 14.2 Å². The van der Waals surface area contributed by atoms with Crippen LogP contribution >= 0.6 is 0 Å². The Hall–Kier alpha value is -2.11. The number of ether oxygens (including phenoxy) is 3. The number of nitrogens with one attached hydrogen (secondary N) is 2. The van der Waals surface area contributed by atoms with E-state index in [1.54, 1.807) is 27.4 Å². The van der Waals surface area contributed by atoms with Crippen molar-refractivity contribution in [3.63, 3.8) is 0 Å². The Bertz CT molecular complexity index is 542. The van der Waals surface area contributed by atoms with Crippen LogP contribution in [0.3, 0.4) is 0 Å². The third kappa shape index (κ3) is 4.94. The van der Waals surface area contributed by atoms with Crippen molar-refractivity contribution >= 4 is 6.03 Å². The van der Waals surface area contributed by atoms with Crippen LogP contribution in [-0.4, -0.2) is 39.9 Å². The summed E-state index contributed by atoms with van der Waals surface area (Å²) in [6.45, 7) is 0.519. The molecule has 0 unspecified atom stereocenters. The van der Waals surface area contributed by atoms with Gasteiger partial charge in [-0.05, 0) is 25.3 Å². The van der Waals surface area contributed by atoms with Crippen molar-refractivity contribution in [3.05, 3.63) is 17.7 Å². The number of methoxy groups -OCH3 is 3. The molecule has 1 aromatic rings. The molecule has 0 aromatic heterocycles. The van der Waals surface area contributed by atoms with Crippen LogP contribution in [0.5, 0.6) is 17.2 Å². The summed E-state index contributed by atoms with van der Waals surface area (Å²) in [5.74, 6) is 2.00. The summed E-state index contributed by atoms with van der Waals surface area (Å²) in [5, 5.41) is 5.97. The van der Waals surface area contributed by atoms with Gasteiger partial charge in [0.25, 0.3) is 0 Å². The molecule has 1 aliphatic rings. The zero-order valence-corrected chi connectivity index (χ0v) is 14.8. The van der Waals surface area contributed by atoms with Crippen LogP contribution in [0, 0.1) is 0 Å². The Morgan fingerprint density at radius 1 is 1.08 bits per heavy atom. The van der Waals surface area contributed by atoms with Crippen LogP contribution in [-0.2, 0) is 6.42 Å². The number of rotatable bonds is 7. The molecule has 0 bridgehead atoms. The Morgan fingerprint density at radius 3 is 2.46 bits per heavy atom. The number of urea groups is 1. The van der Waals surface area contributed by atoms with Crippen LogP contribution in [0.1, 0.15) is 37.7 Å². The molecule has 0 radical (unpaired) electrons. The Kier molecular flexibility index (Phi) is 7.03. The van der Waals surface area contributed by atoms with Crippen molar-refractivity contribution < 1.29 is 19.0 Å².